The van der Waals surface area contributed by atoms with E-state index in [1.54, 1.807) is 25.2 Å². The molecule has 0 aliphatic carbocycles. The molecule has 0 N–H and O–H groups in total. The average Bonchev–Trinajstić information content (AvgIpc) is 2.72. The highest BCUT2D eigenvalue weighted by Gasteiger charge is 2.40. The topological polar surface area (TPSA) is 34.0 Å². The first-order valence-corrected chi connectivity index (χ1v) is 6.20. The fourth-order valence-corrected chi connectivity index (χ4v) is 2.87. The number of hydrogen-bond donors (Lipinski definition) is 0. The highest BCUT2D eigenvalue weighted by molar-refractivity contribution is 9.10. The van der Waals surface area contributed by atoms with Gasteiger partial charge >= 0.3 is 6.18 Å². The number of para-hydroxylation sites is 1. The summed E-state index contributed by atoms with van der Waals surface area (Å²) >= 11 is 3.36. The van der Waals surface area contributed by atoms with E-state index >= 15 is 0 Å². The molecule has 0 fully saturated rings. The van der Waals surface area contributed by atoms with Crippen LogP contribution in [0.1, 0.15) is 11.6 Å². The van der Waals surface area contributed by atoms with Crippen LogP contribution in [0.15, 0.2) is 22.7 Å². The van der Waals surface area contributed by atoms with Gasteiger partial charge in [-0.2, -0.15) is 13.2 Å². The number of fused-ring (bicyclic) bond motifs is 3. The third kappa shape index (κ3) is 1.81. The van der Waals surface area contributed by atoms with Crippen molar-refractivity contribution in [1.82, 2.24) is 14.8 Å². The Bertz CT molecular complexity index is 650. The SMILES string of the molecule is CN1Cc2nnc(C(F)(F)F)n2-c2cccc(Br)c21. The molecule has 1 aromatic carbocycles. The molecule has 0 spiro atoms. The minimum absolute atomic E-state index is 0.276. The van der Waals surface area contributed by atoms with E-state index in [1.165, 1.54) is 0 Å². The average molecular weight is 333 g/mol. The van der Waals surface area contributed by atoms with Gasteiger partial charge in [-0.1, -0.05) is 6.07 Å². The summed E-state index contributed by atoms with van der Waals surface area (Å²) in [4.78, 5) is 1.84. The van der Waals surface area contributed by atoms with Crippen LogP contribution in [0.3, 0.4) is 0 Å². The van der Waals surface area contributed by atoms with E-state index in [0.717, 1.165) is 9.04 Å². The lowest BCUT2D eigenvalue weighted by Gasteiger charge is -2.29. The van der Waals surface area contributed by atoms with Gasteiger partial charge in [0.05, 0.1) is 17.9 Å². The molecule has 0 saturated heterocycles. The van der Waals surface area contributed by atoms with Crippen molar-refractivity contribution in [3.63, 3.8) is 0 Å². The summed E-state index contributed by atoms with van der Waals surface area (Å²) in [5.41, 5.74) is 1.12. The van der Waals surface area contributed by atoms with Gasteiger partial charge in [0.2, 0.25) is 5.82 Å². The van der Waals surface area contributed by atoms with E-state index in [1.807, 2.05) is 4.90 Å². The number of alkyl halides is 3. The largest absolute Gasteiger partial charge is 0.452 e. The lowest BCUT2D eigenvalue weighted by molar-refractivity contribution is -0.146. The Morgan fingerprint density at radius 1 is 1.26 bits per heavy atom. The highest BCUT2D eigenvalue weighted by atomic mass is 79.9. The minimum atomic E-state index is -4.53. The van der Waals surface area contributed by atoms with Crippen LogP contribution in [-0.4, -0.2) is 21.8 Å². The summed E-state index contributed by atoms with van der Waals surface area (Å²) in [5, 5.41) is 6.92. The first kappa shape index (κ1) is 12.5. The summed E-state index contributed by atoms with van der Waals surface area (Å²) in [7, 11) is 1.80. The highest BCUT2D eigenvalue weighted by Crippen LogP contribution is 2.40. The summed E-state index contributed by atoms with van der Waals surface area (Å²) in [6, 6.07) is 5.10. The second-order valence-corrected chi connectivity index (χ2v) is 5.09. The molecule has 0 atom stereocenters. The van der Waals surface area contributed by atoms with E-state index in [4.69, 9.17) is 0 Å². The van der Waals surface area contributed by atoms with Gasteiger partial charge in [0, 0.05) is 11.5 Å². The second kappa shape index (κ2) is 3.96. The molecule has 100 valence electrons. The van der Waals surface area contributed by atoms with Crippen LogP contribution in [0.25, 0.3) is 5.69 Å². The second-order valence-electron chi connectivity index (χ2n) is 4.24. The first-order valence-electron chi connectivity index (χ1n) is 5.41. The molecule has 3 rings (SSSR count). The number of nitrogens with zero attached hydrogens (tertiary/aromatic N) is 4. The standard InChI is InChI=1S/C11H8BrF3N4/c1-18-5-8-16-17-10(11(13,14)15)19(8)7-4-2-3-6(12)9(7)18/h2-4H,5H2,1H3. The summed E-state index contributed by atoms with van der Waals surface area (Å²) in [6.07, 6.45) is -4.53. The van der Waals surface area contributed by atoms with E-state index in [-0.39, 0.29) is 12.4 Å². The van der Waals surface area contributed by atoms with Gasteiger partial charge in [-0.05, 0) is 28.1 Å². The summed E-state index contributed by atoms with van der Waals surface area (Å²) in [6.45, 7) is 0.276. The van der Waals surface area contributed by atoms with Crippen LogP contribution in [0.5, 0.6) is 0 Å². The van der Waals surface area contributed by atoms with Gasteiger partial charge in [0.25, 0.3) is 0 Å². The van der Waals surface area contributed by atoms with Crippen molar-refractivity contribution in [3.05, 3.63) is 34.3 Å². The zero-order valence-corrected chi connectivity index (χ0v) is 11.3. The Kier molecular flexibility index (Phi) is 2.60. The van der Waals surface area contributed by atoms with Gasteiger partial charge < -0.3 is 4.90 Å². The van der Waals surface area contributed by atoms with E-state index in [9.17, 15) is 13.2 Å². The molecule has 1 aliphatic heterocycles. The number of aromatic nitrogens is 3. The van der Waals surface area contributed by atoms with Crippen molar-refractivity contribution in [2.75, 3.05) is 11.9 Å². The predicted molar refractivity (Wildman–Crippen MR) is 66.2 cm³/mol. The minimum Gasteiger partial charge on any atom is -0.364 e. The maximum atomic E-state index is 13.0. The monoisotopic (exact) mass is 332 g/mol. The summed E-state index contributed by atoms with van der Waals surface area (Å²) in [5.74, 6) is -0.713. The molecular weight excluding hydrogens is 325 g/mol. The smallest absolute Gasteiger partial charge is 0.364 e. The molecule has 8 heteroatoms. The molecule has 2 heterocycles. The zero-order chi connectivity index (χ0) is 13.8. The Balaban J connectivity index is 2.31. The molecule has 1 aliphatic rings. The van der Waals surface area contributed by atoms with Crippen LogP contribution < -0.4 is 4.90 Å². The molecule has 0 unspecified atom stereocenters. The number of hydrogen-bond acceptors (Lipinski definition) is 3. The number of halogens is 4. The van der Waals surface area contributed by atoms with Gasteiger partial charge in [0.1, 0.15) is 0 Å². The molecule has 0 radical (unpaired) electrons. The van der Waals surface area contributed by atoms with Crippen LogP contribution in [0.2, 0.25) is 0 Å². The van der Waals surface area contributed by atoms with Crippen molar-refractivity contribution in [1.29, 1.82) is 0 Å². The van der Waals surface area contributed by atoms with Crippen molar-refractivity contribution < 1.29 is 13.2 Å². The normalized spacial score (nSPS) is 14.3. The van der Waals surface area contributed by atoms with Gasteiger partial charge in [0.15, 0.2) is 5.82 Å². The fraction of sp³-hybridized carbons (Fsp3) is 0.273. The number of rotatable bonds is 0. The molecule has 19 heavy (non-hydrogen) atoms. The van der Waals surface area contributed by atoms with E-state index < -0.39 is 12.0 Å². The molecule has 4 nitrogen and oxygen atoms in total. The third-order valence-corrected chi connectivity index (χ3v) is 3.59. The predicted octanol–water partition coefficient (Wildman–Crippen LogP) is 3.00. The molecule has 0 bridgehead atoms. The van der Waals surface area contributed by atoms with Crippen LogP contribution in [-0.2, 0) is 12.7 Å². The Morgan fingerprint density at radius 3 is 2.68 bits per heavy atom. The zero-order valence-electron chi connectivity index (χ0n) is 9.74. The maximum Gasteiger partial charge on any atom is 0.452 e. The first-order chi connectivity index (χ1) is 8.89. The maximum absolute atomic E-state index is 13.0. The number of anilines is 1. The fourth-order valence-electron chi connectivity index (χ4n) is 2.21. The summed E-state index contributed by atoms with van der Waals surface area (Å²) < 4.78 is 40.7. The molecule has 2 aromatic rings. The lowest BCUT2D eigenvalue weighted by atomic mass is 10.2. The quantitative estimate of drug-likeness (QED) is 0.743. The van der Waals surface area contributed by atoms with Crippen molar-refractivity contribution in [2.45, 2.75) is 12.7 Å². The number of benzene rings is 1. The van der Waals surface area contributed by atoms with Gasteiger partial charge in [-0.25, -0.2) is 0 Å². The molecular formula is C11H8BrF3N4. The van der Waals surface area contributed by atoms with Crippen LogP contribution in [0.4, 0.5) is 18.9 Å². The Morgan fingerprint density at radius 2 is 2.00 bits per heavy atom. The molecule has 1 aromatic heterocycles. The molecule has 0 saturated carbocycles. The van der Waals surface area contributed by atoms with Crippen LogP contribution in [0, 0.1) is 0 Å². The van der Waals surface area contributed by atoms with E-state index in [2.05, 4.69) is 26.1 Å². The van der Waals surface area contributed by atoms with Gasteiger partial charge in [-0.15, -0.1) is 10.2 Å². The van der Waals surface area contributed by atoms with Gasteiger partial charge in [-0.3, -0.25) is 4.57 Å². The third-order valence-electron chi connectivity index (χ3n) is 2.95. The van der Waals surface area contributed by atoms with Crippen molar-refractivity contribution >= 4 is 21.6 Å². The Hall–Kier alpha value is -1.57. The molecule has 0 amide bonds. The Labute approximate surface area is 115 Å². The lowest BCUT2D eigenvalue weighted by Crippen LogP contribution is -2.28. The van der Waals surface area contributed by atoms with E-state index in [0.29, 0.717) is 11.4 Å². The van der Waals surface area contributed by atoms with Crippen LogP contribution >= 0.6 is 15.9 Å². The van der Waals surface area contributed by atoms with Crippen molar-refractivity contribution in [2.24, 2.45) is 0 Å². The van der Waals surface area contributed by atoms with Crippen molar-refractivity contribution in [3.8, 4) is 5.69 Å².